The molecule has 0 aliphatic carbocycles. The van der Waals surface area contributed by atoms with Crippen LogP contribution in [0.5, 0.6) is 0 Å². The minimum atomic E-state index is -3.36. The summed E-state index contributed by atoms with van der Waals surface area (Å²) in [7, 11) is -0.191. The fourth-order valence-corrected chi connectivity index (χ4v) is 4.51. The number of piperidine rings is 1. The second-order valence-corrected chi connectivity index (χ2v) is 8.33. The number of nitrogens with zero attached hydrogens (tertiary/aromatic N) is 4. The highest BCUT2D eigenvalue weighted by Gasteiger charge is 2.32. The van der Waals surface area contributed by atoms with Crippen molar-refractivity contribution in [1.29, 1.82) is 0 Å². The Morgan fingerprint density at radius 1 is 1.30 bits per heavy atom. The minimum absolute atomic E-state index is 0.140. The zero-order chi connectivity index (χ0) is 16.6. The summed E-state index contributed by atoms with van der Waals surface area (Å²) in [4.78, 5) is 4.71. The highest BCUT2D eigenvalue weighted by atomic mass is 32.2. The Bertz CT molecular complexity index is 798. The number of rotatable bonds is 4. The van der Waals surface area contributed by atoms with Crippen molar-refractivity contribution in [2.75, 3.05) is 27.2 Å². The molecule has 0 saturated carbocycles. The van der Waals surface area contributed by atoms with Crippen LogP contribution < -0.4 is 0 Å². The predicted octanol–water partition coefficient (Wildman–Crippen LogP) is 2.04. The Kier molecular flexibility index (Phi) is 4.44. The molecule has 0 N–H and O–H groups in total. The highest BCUT2D eigenvalue weighted by molar-refractivity contribution is 7.86. The Hall–Kier alpha value is -1.44. The number of aromatic nitrogens is 2. The maximum atomic E-state index is 12.4. The summed E-state index contributed by atoms with van der Waals surface area (Å²) >= 11 is 0. The largest absolute Gasteiger partial charge is 0.324 e. The van der Waals surface area contributed by atoms with Gasteiger partial charge in [-0.25, -0.2) is 4.98 Å². The van der Waals surface area contributed by atoms with Crippen molar-refractivity contribution in [1.82, 2.24) is 18.2 Å². The van der Waals surface area contributed by atoms with E-state index < -0.39 is 10.2 Å². The molecular formula is C16H24N4O2S. The number of fused-ring (bicyclic) bond motifs is 1. The van der Waals surface area contributed by atoms with Crippen LogP contribution >= 0.6 is 0 Å². The number of hydrogen-bond donors (Lipinski definition) is 0. The summed E-state index contributed by atoms with van der Waals surface area (Å²) in [5, 5.41) is 0. The Morgan fingerprint density at radius 2 is 2.04 bits per heavy atom. The fourth-order valence-electron chi connectivity index (χ4n) is 3.32. The van der Waals surface area contributed by atoms with Crippen LogP contribution in [0, 0.1) is 0 Å². The molecule has 0 amide bonds. The number of imidazole rings is 1. The first-order valence-electron chi connectivity index (χ1n) is 8.08. The fraction of sp³-hybridized carbons (Fsp3) is 0.562. The lowest BCUT2D eigenvalue weighted by atomic mass is 10.1. The summed E-state index contributed by atoms with van der Waals surface area (Å²) < 4.78 is 30.0. The third-order valence-electron chi connectivity index (χ3n) is 4.50. The van der Waals surface area contributed by atoms with E-state index in [4.69, 9.17) is 4.98 Å². The van der Waals surface area contributed by atoms with Crippen molar-refractivity contribution in [3.8, 4) is 0 Å². The quantitative estimate of drug-likeness (QED) is 0.858. The average molecular weight is 336 g/mol. The molecule has 1 atom stereocenters. The molecule has 1 unspecified atom stereocenters. The standard InChI is InChI=1S/C16H24N4O2S/c1-4-16-17-14-9-5-6-10-15(14)20(16)13-8-7-11-19(12-13)23(21,22)18(2)3/h5-6,9-10,13H,4,7-8,11-12H2,1-3H3. The van der Waals surface area contributed by atoms with Gasteiger partial charge in [-0.15, -0.1) is 0 Å². The number of para-hydroxylation sites is 2. The van der Waals surface area contributed by atoms with Gasteiger partial charge >= 0.3 is 0 Å². The van der Waals surface area contributed by atoms with E-state index in [0.29, 0.717) is 13.1 Å². The topological polar surface area (TPSA) is 58.4 Å². The first kappa shape index (κ1) is 16.4. The van der Waals surface area contributed by atoms with E-state index in [0.717, 1.165) is 36.1 Å². The van der Waals surface area contributed by atoms with Gasteiger partial charge in [-0.3, -0.25) is 0 Å². The van der Waals surface area contributed by atoms with Gasteiger partial charge in [0.15, 0.2) is 0 Å². The van der Waals surface area contributed by atoms with Crippen LogP contribution in [0.3, 0.4) is 0 Å². The molecule has 1 saturated heterocycles. The van der Waals surface area contributed by atoms with E-state index in [1.807, 2.05) is 18.2 Å². The van der Waals surface area contributed by atoms with Gasteiger partial charge in [0.2, 0.25) is 0 Å². The number of hydrogen-bond acceptors (Lipinski definition) is 3. The summed E-state index contributed by atoms with van der Waals surface area (Å²) in [5.41, 5.74) is 2.08. The van der Waals surface area contributed by atoms with Crippen LogP contribution in [0.1, 0.15) is 31.6 Å². The molecule has 1 aliphatic heterocycles. The molecule has 1 fully saturated rings. The van der Waals surface area contributed by atoms with E-state index in [-0.39, 0.29) is 6.04 Å². The van der Waals surface area contributed by atoms with E-state index in [9.17, 15) is 8.42 Å². The molecular weight excluding hydrogens is 312 g/mol. The smallest absolute Gasteiger partial charge is 0.281 e. The van der Waals surface area contributed by atoms with Gasteiger partial charge in [0.25, 0.3) is 10.2 Å². The lowest BCUT2D eigenvalue weighted by molar-refractivity contribution is 0.256. The van der Waals surface area contributed by atoms with E-state index in [2.05, 4.69) is 17.6 Å². The second kappa shape index (κ2) is 6.22. The number of benzene rings is 1. The Balaban J connectivity index is 1.99. The average Bonchev–Trinajstić information content (AvgIpc) is 2.93. The summed E-state index contributed by atoms with van der Waals surface area (Å²) in [6.45, 7) is 3.19. The lowest BCUT2D eigenvalue weighted by Crippen LogP contribution is -2.46. The SMILES string of the molecule is CCc1nc2ccccc2n1C1CCCN(S(=O)(=O)N(C)C)C1. The van der Waals surface area contributed by atoms with Crippen molar-refractivity contribution in [2.45, 2.75) is 32.2 Å². The first-order chi connectivity index (χ1) is 10.9. The predicted molar refractivity (Wildman–Crippen MR) is 91.6 cm³/mol. The molecule has 1 aromatic heterocycles. The molecule has 3 rings (SSSR count). The molecule has 23 heavy (non-hydrogen) atoms. The second-order valence-electron chi connectivity index (χ2n) is 6.18. The first-order valence-corrected chi connectivity index (χ1v) is 9.48. The van der Waals surface area contributed by atoms with Crippen LogP contribution in [0.25, 0.3) is 11.0 Å². The van der Waals surface area contributed by atoms with E-state index in [1.165, 1.54) is 4.31 Å². The zero-order valence-electron chi connectivity index (χ0n) is 13.9. The van der Waals surface area contributed by atoms with Crippen molar-refractivity contribution in [3.63, 3.8) is 0 Å². The van der Waals surface area contributed by atoms with E-state index >= 15 is 0 Å². The summed E-state index contributed by atoms with van der Waals surface area (Å²) in [5.74, 6) is 1.03. The van der Waals surface area contributed by atoms with Crippen molar-refractivity contribution < 1.29 is 8.42 Å². The maximum absolute atomic E-state index is 12.4. The van der Waals surface area contributed by atoms with Gasteiger partial charge < -0.3 is 4.57 Å². The molecule has 126 valence electrons. The number of aryl methyl sites for hydroxylation is 1. The Labute approximate surface area is 137 Å². The minimum Gasteiger partial charge on any atom is -0.324 e. The van der Waals surface area contributed by atoms with Crippen molar-refractivity contribution in [3.05, 3.63) is 30.1 Å². The monoisotopic (exact) mass is 336 g/mol. The van der Waals surface area contributed by atoms with Gasteiger partial charge in [-0.2, -0.15) is 17.0 Å². The van der Waals surface area contributed by atoms with Gasteiger partial charge in [-0.1, -0.05) is 19.1 Å². The molecule has 1 aromatic carbocycles. The summed E-state index contributed by atoms with van der Waals surface area (Å²) in [6.07, 6.45) is 2.69. The van der Waals surface area contributed by atoms with Crippen LogP contribution in [0.2, 0.25) is 0 Å². The molecule has 0 radical (unpaired) electrons. The maximum Gasteiger partial charge on any atom is 0.281 e. The third kappa shape index (κ3) is 2.88. The molecule has 1 aliphatic rings. The normalized spacial score (nSPS) is 20.4. The molecule has 0 bridgehead atoms. The van der Waals surface area contributed by atoms with Crippen LogP contribution in [-0.4, -0.2) is 53.8 Å². The van der Waals surface area contributed by atoms with Gasteiger partial charge in [0, 0.05) is 39.6 Å². The highest BCUT2D eigenvalue weighted by Crippen LogP contribution is 2.29. The van der Waals surface area contributed by atoms with Gasteiger partial charge in [-0.05, 0) is 25.0 Å². The molecule has 2 heterocycles. The van der Waals surface area contributed by atoms with Crippen molar-refractivity contribution >= 4 is 21.2 Å². The Morgan fingerprint density at radius 3 is 2.74 bits per heavy atom. The lowest BCUT2D eigenvalue weighted by Gasteiger charge is -2.34. The summed E-state index contributed by atoms with van der Waals surface area (Å²) in [6, 6.07) is 8.23. The van der Waals surface area contributed by atoms with Crippen LogP contribution in [-0.2, 0) is 16.6 Å². The molecule has 7 heteroatoms. The van der Waals surface area contributed by atoms with E-state index in [1.54, 1.807) is 18.4 Å². The van der Waals surface area contributed by atoms with Crippen LogP contribution in [0.4, 0.5) is 0 Å². The van der Waals surface area contributed by atoms with Crippen molar-refractivity contribution in [2.24, 2.45) is 0 Å². The molecule has 0 spiro atoms. The van der Waals surface area contributed by atoms with Crippen LogP contribution in [0.15, 0.2) is 24.3 Å². The third-order valence-corrected chi connectivity index (χ3v) is 6.40. The molecule has 6 nitrogen and oxygen atoms in total. The van der Waals surface area contributed by atoms with Gasteiger partial charge in [0.05, 0.1) is 11.0 Å². The zero-order valence-corrected chi connectivity index (χ0v) is 14.8. The molecule has 2 aromatic rings. The van der Waals surface area contributed by atoms with Gasteiger partial charge in [0.1, 0.15) is 5.82 Å².